The van der Waals surface area contributed by atoms with Gasteiger partial charge in [0.05, 0.1) is 11.4 Å². The van der Waals surface area contributed by atoms with Gasteiger partial charge in [-0.15, -0.1) is 6.58 Å². The third-order valence-electron chi connectivity index (χ3n) is 3.95. The van der Waals surface area contributed by atoms with E-state index in [4.69, 9.17) is 5.14 Å². The molecule has 2 aromatic heterocycles. The number of sulfonamides is 1. The first kappa shape index (κ1) is 19.8. The van der Waals surface area contributed by atoms with E-state index >= 15 is 0 Å². The molecule has 0 aliphatic rings. The van der Waals surface area contributed by atoms with E-state index in [1.54, 1.807) is 0 Å². The van der Waals surface area contributed by atoms with E-state index in [2.05, 4.69) is 16.7 Å². The summed E-state index contributed by atoms with van der Waals surface area (Å²) in [5, 5.41) is 9.21. The maximum absolute atomic E-state index is 13.9. The van der Waals surface area contributed by atoms with E-state index in [1.165, 1.54) is 54.9 Å². The molecule has 10 heteroatoms. The smallest absolute Gasteiger partial charge is 0.265 e. The van der Waals surface area contributed by atoms with Gasteiger partial charge in [-0.2, -0.15) is 18.3 Å². The Hall–Kier alpha value is -2.98. The molecule has 3 aromatic rings. The van der Waals surface area contributed by atoms with E-state index in [1.807, 2.05) is 0 Å². The number of primary sulfonamides is 1. The fraction of sp³-hybridized carbons (Fsp3) is 0.111. The average Bonchev–Trinajstić information content (AvgIpc) is 3.02. The third kappa shape index (κ3) is 3.82. The van der Waals surface area contributed by atoms with Crippen molar-refractivity contribution < 1.29 is 21.6 Å². The Balaban J connectivity index is 2.30. The molecule has 0 unspecified atom stereocenters. The number of nitrogens with zero attached hydrogens (tertiary/aromatic N) is 3. The van der Waals surface area contributed by atoms with Crippen LogP contribution in [-0.4, -0.2) is 23.2 Å². The Bertz CT molecular complexity index is 1110. The number of alkyl halides is 3. The van der Waals surface area contributed by atoms with Crippen molar-refractivity contribution in [3.63, 3.8) is 0 Å². The second-order valence-corrected chi connectivity index (χ2v) is 7.41. The van der Waals surface area contributed by atoms with E-state index in [0.29, 0.717) is 5.56 Å². The quantitative estimate of drug-likeness (QED) is 0.655. The Morgan fingerprint density at radius 1 is 1.07 bits per heavy atom. The zero-order chi connectivity index (χ0) is 20.5. The van der Waals surface area contributed by atoms with Crippen LogP contribution in [0.1, 0.15) is 5.69 Å². The maximum Gasteiger partial charge on any atom is 0.433 e. The summed E-state index contributed by atoms with van der Waals surface area (Å²) in [5.74, 6) is 0. The van der Waals surface area contributed by atoms with Gasteiger partial charge in [-0.05, 0) is 29.8 Å². The van der Waals surface area contributed by atoms with Gasteiger partial charge in [0, 0.05) is 23.5 Å². The van der Waals surface area contributed by atoms with E-state index in [0.717, 1.165) is 4.68 Å². The molecule has 28 heavy (non-hydrogen) atoms. The van der Waals surface area contributed by atoms with Gasteiger partial charge < -0.3 is 0 Å². The van der Waals surface area contributed by atoms with Crippen LogP contribution in [0.5, 0.6) is 0 Å². The van der Waals surface area contributed by atoms with Crippen molar-refractivity contribution in [1.29, 1.82) is 0 Å². The van der Waals surface area contributed by atoms with Crippen LogP contribution in [0.4, 0.5) is 13.2 Å². The first-order valence-corrected chi connectivity index (χ1v) is 9.50. The standard InChI is InChI=1S/C18H15F3N4O2S/c1-2-11-25-17(18(19,20)21)15(12-7-9-23-10-8-12)16(24-25)13-3-5-14(6-4-13)28(22,26)27/h2-10H,1,11H2,(H2,22,26,27). The molecular weight excluding hydrogens is 393 g/mol. The number of allylic oxidation sites excluding steroid dienone is 1. The van der Waals surface area contributed by atoms with Crippen molar-refractivity contribution in [1.82, 2.24) is 14.8 Å². The molecule has 0 radical (unpaired) electrons. The topological polar surface area (TPSA) is 90.9 Å². The van der Waals surface area contributed by atoms with Crippen molar-refractivity contribution in [3.05, 3.63) is 67.1 Å². The highest BCUT2D eigenvalue weighted by Gasteiger charge is 2.40. The van der Waals surface area contributed by atoms with Crippen molar-refractivity contribution >= 4 is 10.0 Å². The molecule has 0 aliphatic heterocycles. The normalized spacial score (nSPS) is 12.1. The number of aromatic nitrogens is 3. The summed E-state index contributed by atoms with van der Waals surface area (Å²) in [5.41, 5.74) is -0.402. The lowest BCUT2D eigenvalue weighted by Gasteiger charge is -2.12. The number of halogens is 3. The summed E-state index contributed by atoms with van der Waals surface area (Å²) in [6.45, 7) is 3.33. The highest BCUT2D eigenvalue weighted by Crippen LogP contribution is 2.42. The molecule has 2 heterocycles. The largest absolute Gasteiger partial charge is 0.433 e. The number of nitrogens with two attached hydrogens (primary N) is 1. The summed E-state index contributed by atoms with van der Waals surface area (Å²) >= 11 is 0. The van der Waals surface area contributed by atoms with Crippen molar-refractivity contribution in [2.24, 2.45) is 5.14 Å². The number of pyridine rings is 1. The van der Waals surface area contributed by atoms with Gasteiger partial charge in [0.2, 0.25) is 10.0 Å². The summed E-state index contributed by atoms with van der Waals surface area (Å²) in [6, 6.07) is 8.08. The van der Waals surface area contributed by atoms with Gasteiger partial charge in [-0.25, -0.2) is 13.6 Å². The van der Waals surface area contributed by atoms with Gasteiger partial charge in [-0.1, -0.05) is 18.2 Å². The fourth-order valence-corrected chi connectivity index (χ4v) is 3.32. The minimum Gasteiger partial charge on any atom is -0.265 e. The molecule has 0 amide bonds. The fourth-order valence-electron chi connectivity index (χ4n) is 2.80. The van der Waals surface area contributed by atoms with Gasteiger partial charge in [-0.3, -0.25) is 9.67 Å². The summed E-state index contributed by atoms with van der Waals surface area (Å²) < 4.78 is 65.3. The van der Waals surface area contributed by atoms with E-state index in [-0.39, 0.29) is 28.3 Å². The molecule has 3 rings (SSSR count). The molecule has 6 nitrogen and oxygen atoms in total. The summed E-state index contributed by atoms with van der Waals surface area (Å²) in [7, 11) is -3.93. The Morgan fingerprint density at radius 3 is 2.18 bits per heavy atom. The van der Waals surface area contributed by atoms with Gasteiger partial charge in [0.1, 0.15) is 5.69 Å². The van der Waals surface area contributed by atoms with Crippen molar-refractivity contribution in [3.8, 4) is 22.4 Å². The second kappa shape index (κ2) is 7.21. The number of rotatable bonds is 5. The molecule has 0 fully saturated rings. The molecule has 0 atom stereocenters. The third-order valence-corrected chi connectivity index (χ3v) is 4.88. The summed E-state index contributed by atoms with van der Waals surface area (Å²) in [6.07, 6.45) is -0.595. The van der Waals surface area contributed by atoms with Crippen LogP contribution in [0.2, 0.25) is 0 Å². The minimum absolute atomic E-state index is 0.0568. The molecular formula is C18H15F3N4O2S. The Kier molecular flexibility index (Phi) is 5.09. The van der Waals surface area contributed by atoms with Crippen LogP contribution in [0.25, 0.3) is 22.4 Å². The zero-order valence-corrected chi connectivity index (χ0v) is 15.2. The highest BCUT2D eigenvalue weighted by atomic mass is 32.2. The predicted octanol–water partition coefficient (Wildman–Crippen LogP) is 3.46. The van der Waals surface area contributed by atoms with Crippen LogP contribution in [0.15, 0.2) is 66.3 Å². The summed E-state index contributed by atoms with van der Waals surface area (Å²) in [4.78, 5) is 3.69. The number of hydrogen-bond donors (Lipinski definition) is 1. The highest BCUT2D eigenvalue weighted by molar-refractivity contribution is 7.89. The molecule has 2 N–H and O–H groups in total. The van der Waals surface area contributed by atoms with Crippen molar-refractivity contribution in [2.75, 3.05) is 0 Å². The lowest BCUT2D eigenvalue weighted by atomic mass is 9.99. The lowest BCUT2D eigenvalue weighted by molar-refractivity contribution is -0.143. The van der Waals surface area contributed by atoms with Crippen LogP contribution in [0.3, 0.4) is 0 Å². The molecule has 0 aliphatic carbocycles. The van der Waals surface area contributed by atoms with Gasteiger partial charge in [0.15, 0.2) is 5.69 Å². The second-order valence-electron chi connectivity index (χ2n) is 5.85. The maximum atomic E-state index is 13.9. The van der Waals surface area contributed by atoms with Crippen LogP contribution in [-0.2, 0) is 22.7 Å². The Labute approximate surface area is 159 Å². The van der Waals surface area contributed by atoms with Crippen LogP contribution >= 0.6 is 0 Å². The Morgan fingerprint density at radius 2 is 1.68 bits per heavy atom. The monoisotopic (exact) mass is 408 g/mol. The molecule has 1 aromatic carbocycles. The van der Waals surface area contributed by atoms with Gasteiger partial charge in [0.25, 0.3) is 0 Å². The zero-order valence-electron chi connectivity index (χ0n) is 14.4. The molecule has 0 saturated heterocycles. The predicted molar refractivity (Wildman–Crippen MR) is 97.5 cm³/mol. The molecule has 146 valence electrons. The molecule has 0 saturated carbocycles. The molecule has 0 bridgehead atoms. The van der Waals surface area contributed by atoms with Crippen LogP contribution in [0, 0.1) is 0 Å². The molecule has 0 spiro atoms. The van der Waals surface area contributed by atoms with Gasteiger partial charge >= 0.3 is 6.18 Å². The van der Waals surface area contributed by atoms with Crippen LogP contribution < -0.4 is 5.14 Å². The first-order valence-electron chi connectivity index (χ1n) is 7.95. The number of hydrogen-bond acceptors (Lipinski definition) is 4. The number of benzene rings is 1. The SMILES string of the molecule is C=CCn1nc(-c2ccc(S(N)(=O)=O)cc2)c(-c2ccncc2)c1C(F)(F)F. The first-order chi connectivity index (χ1) is 13.1. The lowest BCUT2D eigenvalue weighted by Crippen LogP contribution is -2.15. The van der Waals surface area contributed by atoms with E-state index in [9.17, 15) is 21.6 Å². The average molecular weight is 408 g/mol. The van der Waals surface area contributed by atoms with Crippen molar-refractivity contribution in [2.45, 2.75) is 17.6 Å². The van der Waals surface area contributed by atoms with E-state index < -0.39 is 21.9 Å². The minimum atomic E-state index is -4.67.